The van der Waals surface area contributed by atoms with E-state index in [2.05, 4.69) is 0 Å². The third-order valence-electron chi connectivity index (χ3n) is 7.54. The van der Waals surface area contributed by atoms with E-state index in [9.17, 15) is 19.8 Å². The Hall–Kier alpha value is -2.08. The second-order valence-corrected chi connectivity index (χ2v) is 9.65. The molecule has 6 fully saturated rings. The number of ether oxygens (including phenoxy) is 6. The molecule has 2 saturated carbocycles. The van der Waals surface area contributed by atoms with Gasteiger partial charge in [0.2, 0.25) is 0 Å². The number of carbonyl (C=O) groups is 2. The lowest BCUT2D eigenvalue weighted by molar-refractivity contribution is -0.159. The van der Waals surface area contributed by atoms with Crippen molar-refractivity contribution in [3.63, 3.8) is 0 Å². The molecule has 0 spiro atoms. The molecule has 0 amide bonds. The van der Waals surface area contributed by atoms with E-state index in [1.165, 1.54) is 0 Å². The van der Waals surface area contributed by atoms with Crippen molar-refractivity contribution in [2.45, 2.75) is 86.1 Å². The van der Waals surface area contributed by atoms with Gasteiger partial charge in [-0.3, -0.25) is 0 Å². The molecule has 10 nitrogen and oxygen atoms in total. The molecule has 170 valence electrons. The molecule has 10 heteroatoms. The molecule has 32 heavy (non-hydrogen) atoms. The zero-order chi connectivity index (χ0) is 21.8. The summed E-state index contributed by atoms with van der Waals surface area (Å²) in [6, 6.07) is 7.41. The summed E-state index contributed by atoms with van der Waals surface area (Å²) in [7, 11) is 0. The number of hydrogen-bond acceptors (Lipinski definition) is 10. The standard InChI is InChI=1S/C22H22O10/c23-19-21(25)5-11-15(13(7-21)29-19)31-17(27-11)9-1-2-10(4-3-9)18-28-12-6-22(26)8-14(16(12)32-18)30-20(22)24/h1-4,11-18,25-26H,5-8H2. The van der Waals surface area contributed by atoms with Crippen LogP contribution in [0.3, 0.4) is 0 Å². The highest BCUT2D eigenvalue weighted by Crippen LogP contribution is 2.48. The number of rotatable bonds is 2. The zero-order valence-corrected chi connectivity index (χ0v) is 16.9. The SMILES string of the molecule is O=C1OC2CC1(O)CC1OC(c3ccc(C4OC5CC6(O)CC(OC6=O)C5O4)cc3)OC21. The summed E-state index contributed by atoms with van der Waals surface area (Å²) in [5.74, 6) is -1.20. The Morgan fingerprint density at radius 3 is 1.41 bits per heavy atom. The lowest BCUT2D eigenvalue weighted by Gasteiger charge is -2.29. The van der Waals surface area contributed by atoms with Gasteiger partial charge in [0.05, 0.1) is 12.2 Å². The molecule has 10 atom stereocenters. The van der Waals surface area contributed by atoms with Gasteiger partial charge in [0, 0.05) is 36.8 Å². The average Bonchev–Trinajstić information content (AvgIpc) is 3.48. The third-order valence-corrected chi connectivity index (χ3v) is 7.54. The summed E-state index contributed by atoms with van der Waals surface area (Å²) in [6.45, 7) is 0. The first kappa shape index (κ1) is 19.4. The van der Waals surface area contributed by atoms with Crippen molar-refractivity contribution in [3.05, 3.63) is 35.4 Å². The lowest BCUT2D eigenvalue weighted by Crippen LogP contribution is -2.47. The number of hydrogen-bond donors (Lipinski definition) is 2. The van der Waals surface area contributed by atoms with E-state index in [4.69, 9.17) is 28.4 Å². The molecule has 4 heterocycles. The van der Waals surface area contributed by atoms with Crippen molar-refractivity contribution in [3.8, 4) is 0 Å². The minimum atomic E-state index is -1.48. The molecule has 1 aromatic carbocycles. The van der Waals surface area contributed by atoms with E-state index in [1.807, 2.05) is 24.3 Å². The van der Waals surface area contributed by atoms with E-state index in [0.717, 1.165) is 11.1 Å². The van der Waals surface area contributed by atoms with Gasteiger partial charge in [0.25, 0.3) is 0 Å². The molecule has 6 aliphatic rings. The van der Waals surface area contributed by atoms with Gasteiger partial charge in [0.15, 0.2) is 23.8 Å². The highest BCUT2D eigenvalue weighted by atomic mass is 16.8. The largest absolute Gasteiger partial charge is 0.457 e. The minimum absolute atomic E-state index is 0.159. The first-order valence-corrected chi connectivity index (χ1v) is 10.9. The van der Waals surface area contributed by atoms with Crippen LogP contribution < -0.4 is 0 Å². The zero-order valence-electron chi connectivity index (χ0n) is 16.9. The Labute approximate surface area is 182 Å². The summed E-state index contributed by atoms with van der Waals surface area (Å²) in [4.78, 5) is 23.7. The number of benzene rings is 1. The molecule has 1 aromatic rings. The van der Waals surface area contributed by atoms with Crippen LogP contribution in [0.15, 0.2) is 24.3 Å². The van der Waals surface area contributed by atoms with Gasteiger partial charge in [-0.1, -0.05) is 24.3 Å². The van der Waals surface area contributed by atoms with Crippen LogP contribution in [0, 0.1) is 0 Å². The molecule has 4 bridgehead atoms. The van der Waals surface area contributed by atoms with E-state index >= 15 is 0 Å². The second-order valence-electron chi connectivity index (χ2n) is 9.65. The van der Waals surface area contributed by atoms with Crippen LogP contribution in [0.5, 0.6) is 0 Å². The smallest absolute Gasteiger partial charge is 0.338 e. The summed E-state index contributed by atoms with van der Waals surface area (Å²) < 4.78 is 34.6. The fourth-order valence-corrected chi connectivity index (χ4v) is 5.88. The van der Waals surface area contributed by atoms with Crippen molar-refractivity contribution in [2.75, 3.05) is 0 Å². The van der Waals surface area contributed by atoms with E-state index in [1.54, 1.807) is 0 Å². The summed E-state index contributed by atoms with van der Waals surface area (Å²) in [5, 5.41) is 20.9. The molecule has 4 aliphatic heterocycles. The highest BCUT2D eigenvalue weighted by molar-refractivity contribution is 5.82. The highest BCUT2D eigenvalue weighted by Gasteiger charge is 2.62. The fraction of sp³-hybridized carbons (Fsp3) is 0.636. The topological polar surface area (TPSA) is 130 Å². The molecule has 4 saturated heterocycles. The lowest BCUT2D eigenvalue weighted by atomic mass is 9.82. The second kappa shape index (κ2) is 6.28. The molecule has 10 unspecified atom stereocenters. The van der Waals surface area contributed by atoms with Gasteiger partial charge in [0.1, 0.15) is 24.4 Å². The van der Waals surface area contributed by atoms with Crippen molar-refractivity contribution in [1.82, 2.24) is 0 Å². The molecule has 0 radical (unpaired) electrons. The maximum atomic E-state index is 11.8. The maximum Gasteiger partial charge on any atom is 0.338 e. The molecular formula is C22H22O10. The van der Waals surface area contributed by atoms with Gasteiger partial charge in [-0.25, -0.2) is 9.59 Å². The number of aliphatic hydroxyl groups is 2. The Morgan fingerprint density at radius 1 is 0.625 bits per heavy atom. The van der Waals surface area contributed by atoms with Crippen LogP contribution in [-0.2, 0) is 38.0 Å². The van der Waals surface area contributed by atoms with E-state index in [-0.39, 0.29) is 25.7 Å². The van der Waals surface area contributed by atoms with Gasteiger partial charge in [-0.05, 0) is 0 Å². The summed E-state index contributed by atoms with van der Waals surface area (Å²) in [5.41, 5.74) is -1.39. The van der Waals surface area contributed by atoms with Crippen molar-refractivity contribution >= 4 is 11.9 Å². The van der Waals surface area contributed by atoms with E-state index < -0.39 is 72.3 Å². The Bertz CT molecular complexity index is 916. The number of carbonyl (C=O) groups excluding carboxylic acids is 2. The van der Waals surface area contributed by atoms with E-state index in [0.29, 0.717) is 0 Å². The van der Waals surface area contributed by atoms with Gasteiger partial charge in [-0.15, -0.1) is 0 Å². The van der Waals surface area contributed by atoms with Crippen LogP contribution in [-0.4, -0.2) is 70.0 Å². The normalized spacial score (nSPS) is 50.7. The molecule has 0 aromatic heterocycles. The number of fused-ring (bicyclic) bond motifs is 8. The van der Waals surface area contributed by atoms with Crippen LogP contribution in [0.25, 0.3) is 0 Å². The quantitative estimate of drug-likeness (QED) is 0.606. The Morgan fingerprint density at radius 2 is 1.00 bits per heavy atom. The predicted octanol–water partition coefficient (Wildman–Crippen LogP) is 0.152. The predicted molar refractivity (Wildman–Crippen MR) is 99.5 cm³/mol. The fourth-order valence-electron chi connectivity index (χ4n) is 5.88. The molecule has 7 rings (SSSR count). The Kier molecular flexibility index (Phi) is 3.81. The summed E-state index contributed by atoms with van der Waals surface area (Å²) in [6.07, 6.45) is -3.11. The molecular weight excluding hydrogens is 424 g/mol. The first-order valence-electron chi connectivity index (χ1n) is 10.9. The number of esters is 2. The van der Waals surface area contributed by atoms with Crippen LogP contribution in [0.4, 0.5) is 0 Å². The van der Waals surface area contributed by atoms with Crippen LogP contribution in [0.1, 0.15) is 49.4 Å². The average molecular weight is 446 g/mol. The minimum Gasteiger partial charge on any atom is -0.457 e. The third kappa shape index (κ3) is 2.62. The summed E-state index contributed by atoms with van der Waals surface area (Å²) >= 11 is 0. The maximum absolute atomic E-state index is 11.8. The molecule has 2 N–H and O–H groups in total. The van der Waals surface area contributed by atoms with Gasteiger partial charge >= 0.3 is 11.9 Å². The Balaban J connectivity index is 1.05. The van der Waals surface area contributed by atoms with Crippen molar-refractivity contribution < 1.29 is 48.2 Å². The van der Waals surface area contributed by atoms with Crippen LogP contribution in [0.2, 0.25) is 0 Å². The van der Waals surface area contributed by atoms with Crippen LogP contribution >= 0.6 is 0 Å². The van der Waals surface area contributed by atoms with Gasteiger partial charge in [-0.2, -0.15) is 0 Å². The first-order chi connectivity index (χ1) is 15.3. The monoisotopic (exact) mass is 446 g/mol. The van der Waals surface area contributed by atoms with Gasteiger partial charge < -0.3 is 38.6 Å². The van der Waals surface area contributed by atoms with Crippen molar-refractivity contribution in [1.29, 1.82) is 0 Å². The molecule has 2 aliphatic carbocycles. The van der Waals surface area contributed by atoms with Crippen molar-refractivity contribution in [2.24, 2.45) is 0 Å².